The number of aryl methyl sites for hydroxylation is 1. The van der Waals surface area contributed by atoms with Gasteiger partial charge >= 0.3 is 0 Å². The fraction of sp³-hybridized carbons (Fsp3) is 0.250. The number of nitrogens with two attached hydrogens (primary N) is 1. The molecule has 20 heavy (non-hydrogen) atoms. The zero-order valence-corrected chi connectivity index (χ0v) is 14.0. The second-order valence-electron chi connectivity index (χ2n) is 4.75. The fourth-order valence-corrected chi connectivity index (χ4v) is 3.21. The van der Waals surface area contributed by atoms with Crippen molar-refractivity contribution in [2.24, 2.45) is 5.73 Å². The summed E-state index contributed by atoms with van der Waals surface area (Å²) in [5.41, 5.74) is 10.4. The molecule has 4 heteroatoms. The molecule has 0 aliphatic rings. The van der Waals surface area contributed by atoms with Gasteiger partial charge in [-0.1, -0.05) is 45.7 Å². The topological polar surface area (TPSA) is 35.2 Å². The predicted octanol–water partition coefficient (Wildman–Crippen LogP) is 4.78. The van der Waals surface area contributed by atoms with E-state index in [9.17, 15) is 0 Å². The van der Waals surface area contributed by atoms with Crippen molar-refractivity contribution >= 4 is 27.5 Å². The highest BCUT2D eigenvalue weighted by Crippen LogP contribution is 2.39. The standard InChI is InChI=1S/C16H17BrClNO/c1-9-8-12(17)10(2)14(16(9)20-3)15(19)11-6-4-5-7-13(11)18/h4-8,15H,19H2,1-3H3. The molecule has 0 saturated carbocycles. The van der Waals surface area contributed by atoms with Crippen molar-refractivity contribution in [1.82, 2.24) is 0 Å². The van der Waals surface area contributed by atoms with Crippen LogP contribution in [0.5, 0.6) is 5.75 Å². The zero-order chi connectivity index (χ0) is 14.9. The van der Waals surface area contributed by atoms with Gasteiger partial charge in [0.15, 0.2) is 0 Å². The number of halogens is 2. The maximum absolute atomic E-state index is 6.45. The van der Waals surface area contributed by atoms with E-state index in [-0.39, 0.29) is 6.04 Å². The SMILES string of the molecule is COc1c(C)cc(Br)c(C)c1C(N)c1ccccc1Cl. The monoisotopic (exact) mass is 353 g/mol. The third kappa shape index (κ3) is 2.71. The van der Waals surface area contributed by atoms with E-state index in [1.807, 2.05) is 44.2 Å². The van der Waals surface area contributed by atoms with Gasteiger partial charge in [-0.2, -0.15) is 0 Å². The average Bonchev–Trinajstić information content (AvgIpc) is 2.42. The molecule has 106 valence electrons. The van der Waals surface area contributed by atoms with Crippen molar-refractivity contribution in [3.05, 3.63) is 62.1 Å². The lowest BCUT2D eigenvalue weighted by Gasteiger charge is -2.22. The highest BCUT2D eigenvalue weighted by atomic mass is 79.9. The minimum atomic E-state index is -0.324. The van der Waals surface area contributed by atoms with Gasteiger partial charge in [-0.15, -0.1) is 0 Å². The van der Waals surface area contributed by atoms with Gasteiger partial charge in [-0.3, -0.25) is 0 Å². The van der Waals surface area contributed by atoms with E-state index < -0.39 is 0 Å². The molecule has 0 bridgehead atoms. The first-order valence-electron chi connectivity index (χ1n) is 6.31. The molecule has 0 aliphatic heterocycles. The summed E-state index contributed by atoms with van der Waals surface area (Å²) in [5, 5.41) is 0.666. The Morgan fingerprint density at radius 1 is 1.25 bits per heavy atom. The minimum absolute atomic E-state index is 0.324. The van der Waals surface area contributed by atoms with Crippen LogP contribution in [0.3, 0.4) is 0 Å². The molecule has 2 N–H and O–H groups in total. The fourth-order valence-electron chi connectivity index (χ4n) is 2.40. The van der Waals surface area contributed by atoms with Crippen molar-refractivity contribution < 1.29 is 4.74 Å². The van der Waals surface area contributed by atoms with Gasteiger partial charge in [0, 0.05) is 15.1 Å². The molecule has 2 aromatic carbocycles. The summed E-state index contributed by atoms with van der Waals surface area (Å²) in [6, 6.07) is 9.35. The molecule has 2 nitrogen and oxygen atoms in total. The molecule has 0 radical (unpaired) electrons. The Kier molecular flexibility index (Phi) is 4.74. The molecule has 0 saturated heterocycles. The number of hydrogen-bond acceptors (Lipinski definition) is 2. The van der Waals surface area contributed by atoms with Gasteiger partial charge in [-0.25, -0.2) is 0 Å². The van der Waals surface area contributed by atoms with Crippen LogP contribution in [-0.2, 0) is 0 Å². The normalized spacial score (nSPS) is 12.3. The summed E-state index contributed by atoms with van der Waals surface area (Å²) in [6.45, 7) is 4.03. The van der Waals surface area contributed by atoms with E-state index in [2.05, 4.69) is 15.9 Å². The van der Waals surface area contributed by atoms with Crippen LogP contribution in [0.1, 0.15) is 28.3 Å². The molecule has 1 unspecified atom stereocenters. The van der Waals surface area contributed by atoms with Crippen LogP contribution in [0.15, 0.2) is 34.8 Å². The molecule has 0 aromatic heterocycles. The summed E-state index contributed by atoms with van der Waals surface area (Å²) in [4.78, 5) is 0. The van der Waals surface area contributed by atoms with E-state index >= 15 is 0 Å². The lowest BCUT2D eigenvalue weighted by molar-refractivity contribution is 0.404. The summed E-state index contributed by atoms with van der Waals surface area (Å²) >= 11 is 9.84. The third-order valence-corrected chi connectivity index (χ3v) is 4.63. The maximum Gasteiger partial charge on any atom is 0.127 e. The van der Waals surface area contributed by atoms with Gasteiger partial charge in [0.1, 0.15) is 5.75 Å². The number of hydrogen-bond donors (Lipinski definition) is 1. The molecule has 0 spiro atoms. The largest absolute Gasteiger partial charge is 0.496 e. The first-order valence-corrected chi connectivity index (χ1v) is 7.48. The van der Waals surface area contributed by atoms with Crippen LogP contribution < -0.4 is 10.5 Å². The third-order valence-electron chi connectivity index (χ3n) is 3.46. The van der Waals surface area contributed by atoms with E-state index in [0.29, 0.717) is 5.02 Å². The Hall–Kier alpha value is -1.03. The molecule has 2 aromatic rings. The van der Waals surface area contributed by atoms with Crippen LogP contribution in [0.2, 0.25) is 5.02 Å². The Morgan fingerprint density at radius 3 is 2.50 bits per heavy atom. The molecule has 0 amide bonds. The molecule has 2 rings (SSSR count). The minimum Gasteiger partial charge on any atom is -0.496 e. The summed E-state index contributed by atoms with van der Waals surface area (Å²) in [6.07, 6.45) is 0. The van der Waals surface area contributed by atoms with Crippen molar-refractivity contribution in [1.29, 1.82) is 0 Å². The van der Waals surface area contributed by atoms with E-state index in [0.717, 1.165) is 32.5 Å². The van der Waals surface area contributed by atoms with Gasteiger partial charge in [0.25, 0.3) is 0 Å². The van der Waals surface area contributed by atoms with Crippen LogP contribution in [0, 0.1) is 13.8 Å². The van der Waals surface area contributed by atoms with Gasteiger partial charge < -0.3 is 10.5 Å². The van der Waals surface area contributed by atoms with Crippen molar-refractivity contribution in [2.45, 2.75) is 19.9 Å². The van der Waals surface area contributed by atoms with E-state index in [4.69, 9.17) is 22.1 Å². The second kappa shape index (κ2) is 6.17. The van der Waals surface area contributed by atoms with Crippen LogP contribution in [0.4, 0.5) is 0 Å². The summed E-state index contributed by atoms with van der Waals surface area (Å²) < 4.78 is 6.57. The van der Waals surface area contributed by atoms with Gasteiger partial charge in [0.2, 0.25) is 0 Å². The lowest BCUT2D eigenvalue weighted by atomic mass is 9.93. The van der Waals surface area contributed by atoms with Crippen molar-refractivity contribution in [3.8, 4) is 5.75 Å². The number of rotatable bonds is 3. The first kappa shape index (κ1) is 15.4. The van der Waals surface area contributed by atoms with Crippen molar-refractivity contribution in [3.63, 3.8) is 0 Å². The molecular weight excluding hydrogens is 338 g/mol. The summed E-state index contributed by atoms with van der Waals surface area (Å²) in [7, 11) is 1.67. The first-order chi connectivity index (χ1) is 9.47. The van der Waals surface area contributed by atoms with E-state index in [1.54, 1.807) is 7.11 Å². The Morgan fingerprint density at radius 2 is 1.90 bits per heavy atom. The van der Waals surface area contributed by atoms with Crippen LogP contribution in [-0.4, -0.2) is 7.11 Å². The lowest BCUT2D eigenvalue weighted by Crippen LogP contribution is -2.16. The van der Waals surface area contributed by atoms with Crippen molar-refractivity contribution in [2.75, 3.05) is 7.11 Å². The van der Waals surface area contributed by atoms with Gasteiger partial charge in [-0.05, 0) is 42.7 Å². The Balaban J connectivity index is 2.66. The number of methoxy groups -OCH3 is 1. The molecule has 0 aliphatic carbocycles. The molecule has 0 fully saturated rings. The number of benzene rings is 2. The highest BCUT2D eigenvalue weighted by molar-refractivity contribution is 9.10. The van der Waals surface area contributed by atoms with Crippen LogP contribution >= 0.6 is 27.5 Å². The van der Waals surface area contributed by atoms with Gasteiger partial charge in [0.05, 0.1) is 13.2 Å². The molecule has 0 heterocycles. The van der Waals surface area contributed by atoms with E-state index in [1.165, 1.54) is 0 Å². The quantitative estimate of drug-likeness (QED) is 0.861. The summed E-state index contributed by atoms with van der Waals surface area (Å²) in [5.74, 6) is 0.818. The van der Waals surface area contributed by atoms with Crippen LogP contribution in [0.25, 0.3) is 0 Å². The zero-order valence-electron chi connectivity index (χ0n) is 11.7. The predicted molar refractivity (Wildman–Crippen MR) is 87.7 cm³/mol. The Bertz CT molecular complexity index is 643. The second-order valence-corrected chi connectivity index (χ2v) is 6.01. The smallest absolute Gasteiger partial charge is 0.127 e. The molecule has 1 atom stereocenters. The Labute approximate surface area is 133 Å². The maximum atomic E-state index is 6.45. The highest BCUT2D eigenvalue weighted by Gasteiger charge is 2.21. The number of ether oxygens (including phenoxy) is 1. The average molecular weight is 355 g/mol. The molecular formula is C16H17BrClNO.